The van der Waals surface area contributed by atoms with Gasteiger partial charge < -0.3 is 15.4 Å². The molecule has 2 N–H and O–H groups in total. The summed E-state index contributed by atoms with van der Waals surface area (Å²) in [4.78, 5) is 21.1. The van der Waals surface area contributed by atoms with E-state index in [1.165, 1.54) is 12.8 Å². The van der Waals surface area contributed by atoms with Gasteiger partial charge in [-0.1, -0.05) is 25.0 Å². The molecule has 0 bridgehead atoms. The standard InChI is InChI=1S/C21H25N5O2/c1-28-17-8-4-5-15(13-17)20-21(26-12-11-22-14-18(26)25-20)23-10-9-19(27)24-16-6-2-3-7-16/h4-5,8,11-14,16,23H,2-3,6-7,9-10H2,1H3,(H,24,27). The Kier molecular flexibility index (Phi) is 5.41. The number of hydrogen-bond donors (Lipinski definition) is 2. The molecule has 1 fully saturated rings. The average Bonchev–Trinajstić information content (AvgIpc) is 3.36. The number of hydrogen-bond acceptors (Lipinski definition) is 5. The normalized spacial score (nSPS) is 14.3. The maximum absolute atomic E-state index is 12.2. The van der Waals surface area contributed by atoms with Crippen molar-refractivity contribution in [3.8, 4) is 17.0 Å². The summed E-state index contributed by atoms with van der Waals surface area (Å²) in [6.45, 7) is 0.533. The molecule has 0 aliphatic heterocycles. The van der Waals surface area contributed by atoms with Crippen LogP contribution in [-0.2, 0) is 4.79 Å². The van der Waals surface area contributed by atoms with Gasteiger partial charge in [-0.3, -0.25) is 14.2 Å². The van der Waals surface area contributed by atoms with Crippen LogP contribution in [0, 0.1) is 0 Å². The van der Waals surface area contributed by atoms with Crippen LogP contribution in [0.5, 0.6) is 5.75 Å². The van der Waals surface area contributed by atoms with Gasteiger partial charge in [0.15, 0.2) is 5.65 Å². The van der Waals surface area contributed by atoms with Gasteiger partial charge in [0.1, 0.15) is 17.3 Å². The molecule has 1 aromatic carbocycles. The van der Waals surface area contributed by atoms with E-state index < -0.39 is 0 Å². The first-order valence-corrected chi connectivity index (χ1v) is 9.74. The first-order chi connectivity index (χ1) is 13.7. The zero-order valence-corrected chi connectivity index (χ0v) is 16.0. The Morgan fingerprint density at radius 3 is 3.00 bits per heavy atom. The number of aromatic nitrogens is 3. The Bertz CT molecular complexity index is 962. The summed E-state index contributed by atoms with van der Waals surface area (Å²) in [7, 11) is 1.65. The van der Waals surface area contributed by atoms with Crippen molar-refractivity contribution in [2.75, 3.05) is 19.0 Å². The van der Waals surface area contributed by atoms with Gasteiger partial charge in [0.25, 0.3) is 0 Å². The van der Waals surface area contributed by atoms with Gasteiger partial charge in [-0.05, 0) is 25.0 Å². The Labute approximate surface area is 164 Å². The Hall–Kier alpha value is -3.09. The molecular weight excluding hydrogens is 354 g/mol. The van der Waals surface area contributed by atoms with Crippen LogP contribution in [0.3, 0.4) is 0 Å². The largest absolute Gasteiger partial charge is 0.497 e. The van der Waals surface area contributed by atoms with E-state index in [4.69, 9.17) is 9.72 Å². The van der Waals surface area contributed by atoms with Gasteiger partial charge in [-0.15, -0.1) is 0 Å². The quantitative estimate of drug-likeness (QED) is 0.659. The number of rotatable bonds is 7. The fourth-order valence-electron chi connectivity index (χ4n) is 3.71. The molecule has 0 spiro atoms. The van der Waals surface area contributed by atoms with E-state index in [9.17, 15) is 4.79 Å². The molecule has 0 atom stereocenters. The minimum atomic E-state index is 0.0952. The number of nitrogens with one attached hydrogen (secondary N) is 2. The van der Waals surface area contributed by atoms with E-state index in [0.29, 0.717) is 19.0 Å². The Morgan fingerprint density at radius 2 is 2.18 bits per heavy atom. The third-order valence-corrected chi connectivity index (χ3v) is 5.14. The summed E-state index contributed by atoms with van der Waals surface area (Å²) in [5, 5.41) is 6.53. The smallest absolute Gasteiger partial charge is 0.221 e. The fraction of sp³-hybridized carbons (Fsp3) is 0.381. The molecule has 1 aliphatic carbocycles. The van der Waals surface area contributed by atoms with Crippen LogP contribution in [0.4, 0.5) is 5.82 Å². The lowest BCUT2D eigenvalue weighted by atomic mass is 10.1. The molecular formula is C21H25N5O2. The number of anilines is 1. The van der Waals surface area contributed by atoms with Gasteiger partial charge in [0.05, 0.1) is 13.3 Å². The summed E-state index contributed by atoms with van der Waals surface area (Å²) in [6.07, 6.45) is 10.4. The van der Waals surface area contributed by atoms with Crippen LogP contribution in [0.25, 0.3) is 16.9 Å². The SMILES string of the molecule is COc1cccc(-c2nc3cnccn3c2NCCC(=O)NC2CCCC2)c1. The fourth-order valence-corrected chi connectivity index (χ4v) is 3.71. The van der Waals surface area contributed by atoms with Crippen LogP contribution in [0.2, 0.25) is 0 Å². The molecule has 7 heteroatoms. The van der Waals surface area contributed by atoms with E-state index in [-0.39, 0.29) is 5.91 Å². The van der Waals surface area contributed by atoms with Crippen LogP contribution >= 0.6 is 0 Å². The summed E-state index contributed by atoms with van der Waals surface area (Å²) in [5.74, 6) is 1.71. The number of amides is 1. The maximum Gasteiger partial charge on any atom is 0.221 e. The number of carbonyl (C=O) groups is 1. The van der Waals surface area contributed by atoms with Gasteiger partial charge in [-0.25, -0.2) is 4.98 Å². The zero-order chi connectivity index (χ0) is 19.3. The molecule has 28 heavy (non-hydrogen) atoms. The van der Waals surface area contributed by atoms with Crippen molar-refractivity contribution >= 4 is 17.4 Å². The molecule has 0 saturated heterocycles. The van der Waals surface area contributed by atoms with E-state index in [2.05, 4.69) is 15.6 Å². The minimum absolute atomic E-state index is 0.0952. The van der Waals surface area contributed by atoms with Crippen molar-refractivity contribution in [3.63, 3.8) is 0 Å². The number of methoxy groups -OCH3 is 1. The monoisotopic (exact) mass is 379 g/mol. The second-order valence-corrected chi connectivity index (χ2v) is 7.07. The number of imidazole rings is 1. The summed E-state index contributed by atoms with van der Waals surface area (Å²) < 4.78 is 7.30. The molecule has 4 rings (SSSR count). The molecule has 1 aliphatic rings. The highest BCUT2D eigenvalue weighted by Gasteiger charge is 2.18. The molecule has 1 saturated carbocycles. The second-order valence-electron chi connectivity index (χ2n) is 7.07. The lowest BCUT2D eigenvalue weighted by molar-refractivity contribution is -0.121. The lowest BCUT2D eigenvalue weighted by Gasteiger charge is -2.13. The van der Waals surface area contributed by atoms with Crippen molar-refractivity contribution in [3.05, 3.63) is 42.9 Å². The van der Waals surface area contributed by atoms with Crippen LogP contribution in [0.1, 0.15) is 32.1 Å². The Balaban J connectivity index is 1.52. The predicted molar refractivity (Wildman–Crippen MR) is 108 cm³/mol. The van der Waals surface area contributed by atoms with Gasteiger partial charge in [0, 0.05) is 37.0 Å². The summed E-state index contributed by atoms with van der Waals surface area (Å²) in [6, 6.07) is 8.14. The number of nitrogens with zero attached hydrogens (tertiary/aromatic N) is 3. The summed E-state index contributed by atoms with van der Waals surface area (Å²) in [5.41, 5.74) is 2.50. The van der Waals surface area contributed by atoms with E-state index in [1.807, 2.05) is 34.9 Å². The molecule has 0 radical (unpaired) electrons. The van der Waals surface area contributed by atoms with Gasteiger partial charge in [-0.2, -0.15) is 0 Å². The van der Waals surface area contributed by atoms with Gasteiger partial charge >= 0.3 is 0 Å². The van der Waals surface area contributed by atoms with E-state index in [0.717, 1.165) is 41.3 Å². The molecule has 0 unspecified atom stereocenters. The highest BCUT2D eigenvalue weighted by atomic mass is 16.5. The third-order valence-electron chi connectivity index (χ3n) is 5.14. The molecule has 2 aromatic heterocycles. The number of ether oxygens (including phenoxy) is 1. The van der Waals surface area contributed by atoms with Crippen LogP contribution in [0.15, 0.2) is 42.9 Å². The molecule has 2 heterocycles. The van der Waals surface area contributed by atoms with Crippen LogP contribution in [-0.4, -0.2) is 40.0 Å². The molecule has 1 amide bonds. The summed E-state index contributed by atoms with van der Waals surface area (Å²) >= 11 is 0. The first-order valence-electron chi connectivity index (χ1n) is 9.74. The Morgan fingerprint density at radius 1 is 1.32 bits per heavy atom. The lowest BCUT2D eigenvalue weighted by Crippen LogP contribution is -2.33. The van der Waals surface area contributed by atoms with Gasteiger partial charge in [0.2, 0.25) is 5.91 Å². The zero-order valence-electron chi connectivity index (χ0n) is 16.0. The third kappa shape index (κ3) is 3.93. The highest BCUT2D eigenvalue weighted by Crippen LogP contribution is 2.30. The second kappa shape index (κ2) is 8.29. The topological polar surface area (TPSA) is 80.6 Å². The van der Waals surface area contributed by atoms with Crippen molar-refractivity contribution in [1.29, 1.82) is 0 Å². The minimum Gasteiger partial charge on any atom is -0.497 e. The van der Waals surface area contributed by atoms with Crippen molar-refractivity contribution in [1.82, 2.24) is 19.7 Å². The molecule has 3 aromatic rings. The highest BCUT2D eigenvalue weighted by molar-refractivity contribution is 5.79. The van der Waals surface area contributed by atoms with E-state index >= 15 is 0 Å². The number of benzene rings is 1. The van der Waals surface area contributed by atoms with E-state index in [1.54, 1.807) is 19.5 Å². The predicted octanol–water partition coefficient (Wildman–Crippen LogP) is 3.27. The maximum atomic E-state index is 12.2. The van der Waals surface area contributed by atoms with Crippen LogP contribution < -0.4 is 15.4 Å². The van der Waals surface area contributed by atoms with Crippen molar-refractivity contribution in [2.45, 2.75) is 38.1 Å². The molecule has 146 valence electrons. The number of carbonyl (C=O) groups excluding carboxylic acids is 1. The van der Waals surface area contributed by atoms with Crippen molar-refractivity contribution in [2.24, 2.45) is 0 Å². The first kappa shape index (κ1) is 18.3. The number of fused-ring (bicyclic) bond motifs is 1. The average molecular weight is 379 g/mol. The van der Waals surface area contributed by atoms with Crippen molar-refractivity contribution < 1.29 is 9.53 Å². The molecule has 7 nitrogen and oxygen atoms in total.